The normalized spacial score (nSPS) is 27.5. The van der Waals surface area contributed by atoms with Crippen LogP contribution < -0.4 is 5.32 Å². The molecule has 0 amide bonds. The second kappa shape index (κ2) is 5.23. The van der Waals surface area contributed by atoms with E-state index in [0.29, 0.717) is 5.41 Å². The maximum absolute atomic E-state index is 3.58. The highest BCUT2D eigenvalue weighted by molar-refractivity contribution is 5.84. The second-order valence-corrected chi connectivity index (χ2v) is 8.35. The van der Waals surface area contributed by atoms with Crippen LogP contribution in [0.25, 0.3) is 11.1 Å². The highest BCUT2D eigenvalue weighted by Gasteiger charge is 2.56. The lowest BCUT2D eigenvalue weighted by atomic mass is 9.67. The van der Waals surface area contributed by atoms with E-state index >= 15 is 0 Å². The Balaban J connectivity index is 1.50. The number of benzene rings is 3. The van der Waals surface area contributed by atoms with Crippen molar-refractivity contribution in [1.29, 1.82) is 0 Å². The zero-order valence-corrected chi connectivity index (χ0v) is 14.9. The average molecular weight is 337 g/mol. The number of para-hydroxylation sites is 1. The molecule has 3 unspecified atom stereocenters. The third-order valence-electron chi connectivity index (χ3n) is 7.11. The quantitative estimate of drug-likeness (QED) is 0.561. The van der Waals surface area contributed by atoms with E-state index in [1.807, 2.05) is 0 Å². The summed E-state index contributed by atoms with van der Waals surface area (Å²) in [6, 6.07) is 26.7. The Morgan fingerprint density at radius 1 is 0.731 bits per heavy atom. The lowest BCUT2D eigenvalue weighted by Gasteiger charge is -2.36. The fourth-order valence-electron chi connectivity index (χ4n) is 6.16. The van der Waals surface area contributed by atoms with Gasteiger partial charge in [0, 0.05) is 16.8 Å². The van der Waals surface area contributed by atoms with E-state index in [0.717, 1.165) is 17.5 Å². The molecular formula is C25H23N. The Morgan fingerprint density at radius 2 is 1.54 bits per heavy atom. The van der Waals surface area contributed by atoms with Crippen molar-refractivity contribution >= 4 is 11.4 Å². The molecule has 3 aliphatic rings. The maximum Gasteiger partial charge on any atom is 0.0390 e. The first-order chi connectivity index (χ1) is 12.8. The van der Waals surface area contributed by atoms with Crippen LogP contribution in [-0.2, 0) is 5.41 Å². The molecule has 0 heterocycles. The number of anilines is 2. The van der Waals surface area contributed by atoms with Gasteiger partial charge in [0.05, 0.1) is 0 Å². The molecule has 6 rings (SSSR count). The van der Waals surface area contributed by atoms with Gasteiger partial charge in [-0.05, 0) is 77.6 Å². The Morgan fingerprint density at radius 3 is 2.35 bits per heavy atom. The predicted octanol–water partition coefficient (Wildman–Crippen LogP) is 6.52. The summed E-state index contributed by atoms with van der Waals surface area (Å²) in [5, 5.41) is 3.58. The second-order valence-electron chi connectivity index (χ2n) is 8.35. The maximum atomic E-state index is 3.58. The first-order valence-corrected chi connectivity index (χ1v) is 9.91. The molecule has 0 saturated heterocycles. The molecule has 0 aromatic heterocycles. The molecule has 2 bridgehead atoms. The van der Waals surface area contributed by atoms with Gasteiger partial charge in [-0.2, -0.15) is 0 Å². The van der Waals surface area contributed by atoms with Gasteiger partial charge in [-0.3, -0.25) is 0 Å². The largest absolute Gasteiger partial charge is 0.356 e. The molecular weight excluding hydrogens is 314 g/mol. The highest BCUT2D eigenvalue weighted by atomic mass is 14.9. The Labute approximate surface area is 155 Å². The van der Waals surface area contributed by atoms with Gasteiger partial charge in [-0.15, -0.1) is 0 Å². The van der Waals surface area contributed by atoms with Gasteiger partial charge >= 0.3 is 0 Å². The van der Waals surface area contributed by atoms with Crippen LogP contribution in [0.1, 0.15) is 36.8 Å². The van der Waals surface area contributed by atoms with Gasteiger partial charge in [0.25, 0.3) is 0 Å². The van der Waals surface area contributed by atoms with Crippen LogP contribution in [0.4, 0.5) is 11.4 Å². The van der Waals surface area contributed by atoms with Crippen molar-refractivity contribution in [2.24, 2.45) is 11.8 Å². The minimum atomic E-state index is 0.292. The first-order valence-electron chi connectivity index (χ1n) is 9.91. The zero-order chi connectivity index (χ0) is 17.1. The molecule has 1 nitrogen and oxygen atoms in total. The van der Waals surface area contributed by atoms with Gasteiger partial charge in [-0.1, -0.05) is 55.0 Å². The molecule has 1 spiro atoms. The first kappa shape index (κ1) is 14.6. The molecule has 2 saturated carbocycles. The molecule has 26 heavy (non-hydrogen) atoms. The Bertz CT molecular complexity index is 990. The zero-order valence-electron chi connectivity index (χ0n) is 14.9. The number of nitrogens with one attached hydrogen (secondary N) is 1. The van der Waals surface area contributed by atoms with Gasteiger partial charge in [-0.25, -0.2) is 0 Å². The smallest absolute Gasteiger partial charge is 0.0390 e. The van der Waals surface area contributed by atoms with E-state index < -0.39 is 0 Å². The highest BCUT2D eigenvalue weighted by Crippen LogP contribution is 2.65. The van der Waals surface area contributed by atoms with Crippen molar-refractivity contribution in [1.82, 2.24) is 0 Å². The predicted molar refractivity (Wildman–Crippen MR) is 108 cm³/mol. The van der Waals surface area contributed by atoms with Crippen molar-refractivity contribution in [3.63, 3.8) is 0 Å². The topological polar surface area (TPSA) is 12.0 Å². The van der Waals surface area contributed by atoms with E-state index in [1.54, 1.807) is 11.1 Å². The molecule has 0 aliphatic heterocycles. The summed E-state index contributed by atoms with van der Waals surface area (Å²) in [6.07, 6.45) is 5.63. The van der Waals surface area contributed by atoms with Crippen molar-refractivity contribution < 1.29 is 0 Å². The fourth-order valence-corrected chi connectivity index (χ4v) is 6.16. The van der Waals surface area contributed by atoms with Crippen LogP contribution >= 0.6 is 0 Å². The summed E-state index contributed by atoms with van der Waals surface area (Å²) in [6.45, 7) is 0. The van der Waals surface area contributed by atoms with E-state index in [9.17, 15) is 0 Å². The summed E-state index contributed by atoms with van der Waals surface area (Å²) >= 11 is 0. The van der Waals surface area contributed by atoms with Crippen molar-refractivity contribution in [3.05, 3.63) is 83.9 Å². The summed E-state index contributed by atoms with van der Waals surface area (Å²) in [7, 11) is 0. The molecule has 1 heteroatoms. The van der Waals surface area contributed by atoms with E-state index in [1.165, 1.54) is 42.5 Å². The van der Waals surface area contributed by atoms with Crippen LogP contribution in [0.15, 0.2) is 72.8 Å². The molecule has 0 radical (unpaired) electrons. The van der Waals surface area contributed by atoms with Crippen molar-refractivity contribution in [2.45, 2.75) is 31.1 Å². The van der Waals surface area contributed by atoms with Crippen LogP contribution in [0.3, 0.4) is 0 Å². The number of rotatable bonds is 2. The number of hydrogen-bond acceptors (Lipinski definition) is 1. The minimum absolute atomic E-state index is 0.292. The molecule has 3 atom stereocenters. The standard InChI is InChI=1S/C25H23N/c1-2-6-19(7-3-1)26-20-12-13-24-22(15-20)21-8-4-5-9-23(21)25(24)16-17-10-11-18(25)14-17/h1-9,12-13,15,17-18,26H,10-11,14,16H2. The van der Waals surface area contributed by atoms with Crippen LogP contribution in [0, 0.1) is 11.8 Å². The lowest BCUT2D eigenvalue weighted by Crippen LogP contribution is -2.31. The van der Waals surface area contributed by atoms with Gasteiger partial charge in [0.2, 0.25) is 0 Å². The van der Waals surface area contributed by atoms with Gasteiger partial charge < -0.3 is 5.32 Å². The molecule has 3 aliphatic carbocycles. The number of fused-ring (bicyclic) bond motifs is 8. The van der Waals surface area contributed by atoms with E-state index in [4.69, 9.17) is 0 Å². The van der Waals surface area contributed by atoms with Crippen LogP contribution in [0.2, 0.25) is 0 Å². The molecule has 3 aromatic carbocycles. The Kier molecular flexibility index (Phi) is 2.94. The molecule has 1 N–H and O–H groups in total. The van der Waals surface area contributed by atoms with Crippen molar-refractivity contribution in [2.75, 3.05) is 5.32 Å². The van der Waals surface area contributed by atoms with Gasteiger partial charge in [0.15, 0.2) is 0 Å². The van der Waals surface area contributed by atoms with Crippen LogP contribution in [-0.4, -0.2) is 0 Å². The third kappa shape index (κ3) is 1.86. The SMILES string of the molecule is c1ccc(Nc2ccc3c(c2)-c2ccccc2C32CC3CCC2C3)cc1. The fraction of sp³-hybridized carbons (Fsp3) is 0.280. The number of hydrogen-bond donors (Lipinski definition) is 1. The van der Waals surface area contributed by atoms with Crippen molar-refractivity contribution in [3.8, 4) is 11.1 Å². The average Bonchev–Trinajstić information content (AvgIpc) is 3.37. The van der Waals surface area contributed by atoms with E-state index in [-0.39, 0.29) is 0 Å². The minimum Gasteiger partial charge on any atom is -0.356 e. The van der Waals surface area contributed by atoms with E-state index in [2.05, 4.69) is 78.1 Å². The summed E-state index contributed by atoms with van der Waals surface area (Å²) in [4.78, 5) is 0. The summed E-state index contributed by atoms with van der Waals surface area (Å²) < 4.78 is 0. The third-order valence-corrected chi connectivity index (χ3v) is 7.11. The monoisotopic (exact) mass is 337 g/mol. The summed E-state index contributed by atoms with van der Waals surface area (Å²) in [5.41, 5.74) is 8.72. The molecule has 3 aromatic rings. The lowest BCUT2D eigenvalue weighted by molar-refractivity contribution is 0.327. The van der Waals surface area contributed by atoms with Crippen LogP contribution in [0.5, 0.6) is 0 Å². The Hall–Kier alpha value is -2.54. The molecule has 2 fully saturated rings. The van der Waals surface area contributed by atoms with Gasteiger partial charge in [0.1, 0.15) is 0 Å². The summed E-state index contributed by atoms with van der Waals surface area (Å²) in [5.74, 6) is 1.77. The molecule has 128 valence electrons.